The fraction of sp³-hybridized carbons (Fsp3) is 0.417. The molecular formula is C24H31N2O5P. The van der Waals surface area contributed by atoms with Gasteiger partial charge in [0.15, 0.2) is 0 Å². The van der Waals surface area contributed by atoms with Crippen LogP contribution in [0.15, 0.2) is 30.3 Å². The minimum atomic E-state index is -3.44. The monoisotopic (exact) mass is 458 g/mol. The highest BCUT2D eigenvalue weighted by Crippen LogP contribution is 2.47. The first kappa shape index (κ1) is 24.3. The zero-order valence-electron chi connectivity index (χ0n) is 18.9. The molecule has 1 aromatic heterocycles. The number of nitrogens with one attached hydrogen (secondary N) is 1. The van der Waals surface area contributed by atoms with Gasteiger partial charge in [0.2, 0.25) is 5.91 Å². The minimum Gasteiger partial charge on any atom is -0.356 e. The number of rotatable bonds is 11. The summed E-state index contributed by atoms with van der Waals surface area (Å²) in [7, 11) is -0.886. The van der Waals surface area contributed by atoms with Gasteiger partial charge in [0.25, 0.3) is 0 Å². The van der Waals surface area contributed by atoms with Gasteiger partial charge in [0.05, 0.1) is 18.4 Å². The quantitative estimate of drug-likeness (QED) is 0.411. The lowest BCUT2D eigenvalue weighted by Gasteiger charge is -2.16. The molecule has 1 amide bonds. The molecule has 0 radical (unpaired) electrons. The van der Waals surface area contributed by atoms with E-state index in [9.17, 15) is 9.36 Å². The summed E-state index contributed by atoms with van der Waals surface area (Å²) in [5.41, 5.74) is 4.04. The van der Waals surface area contributed by atoms with Crippen molar-refractivity contribution < 1.29 is 22.9 Å². The Labute approximate surface area is 189 Å². The maximum Gasteiger partial charge on any atom is 0.474 e. The molecule has 0 spiro atoms. The van der Waals surface area contributed by atoms with Gasteiger partial charge >= 0.3 is 7.82 Å². The first-order valence-electron chi connectivity index (χ1n) is 10.9. The molecule has 172 valence electrons. The van der Waals surface area contributed by atoms with Gasteiger partial charge in [-0.3, -0.25) is 23.3 Å². The molecule has 7 nitrogen and oxygen atoms in total. The second-order valence-electron chi connectivity index (χ2n) is 7.58. The van der Waals surface area contributed by atoms with E-state index >= 15 is 0 Å². The van der Waals surface area contributed by atoms with Crippen LogP contribution in [0.5, 0.6) is 0 Å². The van der Waals surface area contributed by atoms with Crippen LogP contribution in [0.1, 0.15) is 36.9 Å². The van der Waals surface area contributed by atoms with Crippen LogP contribution in [0.3, 0.4) is 0 Å². The Kier molecular flexibility index (Phi) is 8.76. The molecular weight excluding hydrogens is 427 g/mol. The molecule has 0 unspecified atom stereocenters. The summed E-state index contributed by atoms with van der Waals surface area (Å²) in [6, 6.07) is 10.2. The summed E-state index contributed by atoms with van der Waals surface area (Å²) in [5.74, 6) is -0.0489. The van der Waals surface area contributed by atoms with E-state index in [0.29, 0.717) is 19.4 Å². The molecule has 1 aliphatic carbocycles. The summed E-state index contributed by atoms with van der Waals surface area (Å²) >= 11 is 0. The molecule has 1 aromatic carbocycles. The number of hydrogen-bond donors (Lipinski definition) is 1. The van der Waals surface area contributed by atoms with Crippen molar-refractivity contribution in [3.63, 3.8) is 0 Å². The van der Waals surface area contributed by atoms with Crippen molar-refractivity contribution in [3.8, 4) is 11.1 Å². The zero-order chi connectivity index (χ0) is 23.0. The number of amides is 1. The minimum absolute atomic E-state index is 0.0489. The van der Waals surface area contributed by atoms with Gasteiger partial charge in [-0.15, -0.1) is 0 Å². The highest BCUT2D eigenvalue weighted by atomic mass is 31.2. The Morgan fingerprint density at radius 3 is 2.53 bits per heavy atom. The molecule has 32 heavy (non-hydrogen) atoms. The van der Waals surface area contributed by atoms with Gasteiger partial charge < -0.3 is 5.32 Å². The SMILES string of the molecule is COP(=O)(OC)OCCCCNC(=O)Cc1c(C)nc2c(c1-c1ccccc1)=CCCC=2. The van der Waals surface area contributed by atoms with E-state index in [1.54, 1.807) is 0 Å². The maximum atomic E-state index is 12.7. The van der Waals surface area contributed by atoms with Gasteiger partial charge in [-0.1, -0.05) is 42.5 Å². The van der Waals surface area contributed by atoms with Gasteiger partial charge in [0.1, 0.15) is 0 Å². The fourth-order valence-corrected chi connectivity index (χ4v) is 4.49. The summed E-state index contributed by atoms with van der Waals surface area (Å²) in [6.45, 7) is 2.70. The van der Waals surface area contributed by atoms with Crippen molar-refractivity contribution in [1.29, 1.82) is 0 Å². The number of carbonyl (C=O) groups is 1. The summed E-state index contributed by atoms with van der Waals surface area (Å²) in [6.07, 6.45) is 7.94. The summed E-state index contributed by atoms with van der Waals surface area (Å²) < 4.78 is 26.4. The van der Waals surface area contributed by atoms with E-state index in [4.69, 9.17) is 18.6 Å². The number of unbranched alkanes of at least 4 members (excludes halogenated alkanes) is 1. The van der Waals surface area contributed by atoms with Crippen molar-refractivity contribution in [1.82, 2.24) is 10.3 Å². The van der Waals surface area contributed by atoms with Crippen LogP contribution >= 0.6 is 7.82 Å². The average Bonchev–Trinajstić information content (AvgIpc) is 2.82. The molecule has 1 N–H and O–H groups in total. The van der Waals surface area contributed by atoms with Crippen molar-refractivity contribution in [2.75, 3.05) is 27.4 Å². The Bertz CT molecular complexity index is 1090. The van der Waals surface area contributed by atoms with Crippen molar-refractivity contribution in [3.05, 3.63) is 52.2 Å². The molecule has 8 heteroatoms. The first-order valence-corrected chi connectivity index (χ1v) is 12.3. The van der Waals surface area contributed by atoms with Crippen LogP contribution in [-0.4, -0.2) is 38.3 Å². The standard InChI is InChI=1S/C24H31N2O5P/c1-18-21(17-23(27)25-15-9-10-16-31-32(28,29-2)30-3)24(19-11-5-4-6-12-19)20-13-7-8-14-22(20)26-18/h4-6,11-14H,7-10,15-17H2,1-3H3,(H,25,27). The van der Waals surface area contributed by atoms with Gasteiger partial charge in [0, 0.05) is 31.7 Å². The van der Waals surface area contributed by atoms with Crippen molar-refractivity contribution in [2.45, 2.75) is 39.0 Å². The van der Waals surface area contributed by atoms with Crippen LogP contribution in [0, 0.1) is 6.92 Å². The maximum absolute atomic E-state index is 12.7. The molecule has 0 saturated heterocycles. The molecule has 0 atom stereocenters. The van der Waals surface area contributed by atoms with E-state index < -0.39 is 7.82 Å². The van der Waals surface area contributed by atoms with Gasteiger partial charge in [-0.2, -0.15) is 0 Å². The Balaban J connectivity index is 1.66. The Morgan fingerprint density at radius 2 is 1.81 bits per heavy atom. The number of aromatic nitrogens is 1. The molecule has 2 aromatic rings. The largest absolute Gasteiger partial charge is 0.474 e. The second-order valence-corrected chi connectivity index (χ2v) is 9.46. The Hall–Kier alpha value is -2.31. The van der Waals surface area contributed by atoms with E-state index in [1.807, 2.05) is 25.1 Å². The predicted octanol–water partition coefficient (Wildman–Crippen LogP) is 3.27. The van der Waals surface area contributed by atoms with Crippen LogP contribution in [0.2, 0.25) is 0 Å². The van der Waals surface area contributed by atoms with Crippen molar-refractivity contribution in [2.24, 2.45) is 0 Å². The van der Waals surface area contributed by atoms with Crippen LogP contribution < -0.4 is 15.9 Å². The topological polar surface area (TPSA) is 86.8 Å². The number of aryl methyl sites for hydroxylation is 1. The van der Waals surface area contributed by atoms with E-state index in [0.717, 1.165) is 45.8 Å². The number of phosphoric ester groups is 1. The Morgan fingerprint density at radius 1 is 1.09 bits per heavy atom. The van der Waals surface area contributed by atoms with Crippen LogP contribution in [-0.2, 0) is 29.4 Å². The molecule has 1 heterocycles. The average molecular weight is 458 g/mol. The lowest BCUT2D eigenvalue weighted by molar-refractivity contribution is -0.120. The highest BCUT2D eigenvalue weighted by molar-refractivity contribution is 7.48. The summed E-state index contributed by atoms with van der Waals surface area (Å²) in [4.78, 5) is 17.5. The van der Waals surface area contributed by atoms with Crippen LogP contribution in [0.4, 0.5) is 0 Å². The fourth-order valence-electron chi connectivity index (χ4n) is 3.77. The lowest BCUT2D eigenvalue weighted by atomic mass is 9.92. The molecule has 0 aliphatic heterocycles. The number of pyridine rings is 1. The number of carbonyl (C=O) groups excluding carboxylic acids is 1. The highest BCUT2D eigenvalue weighted by Gasteiger charge is 2.22. The number of hydrogen-bond acceptors (Lipinski definition) is 6. The third-order valence-electron chi connectivity index (χ3n) is 5.41. The molecule has 0 fully saturated rings. The third-order valence-corrected chi connectivity index (χ3v) is 6.81. The molecule has 0 saturated carbocycles. The molecule has 1 aliphatic rings. The van der Waals surface area contributed by atoms with Crippen molar-refractivity contribution >= 4 is 25.9 Å². The predicted molar refractivity (Wildman–Crippen MR) is 125 cm³/mol. The van der Waals surface area contributed by atoms with E-state index in [1.165, 1.54) is 14.2 Å². The van der Waals surface area contributed by atoms with Gasteiger partial charge in [-0.25, -0.2) is 4.57 Å². The number of nitrogens with zero attached hydrogens (tertiary/aromatic N) is 1. The summed E-state index contributed by atoms with van der Waals surface area (Å²) in [5, 5.41) is 5.09. The van der Waals surface area contributed by atoms with Gasteiger partial charge in [-0.05, 0) is 49.3 Å². The lowest BCUT2D eigenvalue weighted by Crippen LogP contribution is -2.35. The number of fused-ring (bicyclic) bond motifs is 1. The normalized spacial score (nSPS) is 13.1. The van der Waals surface area contributed by atoms with E-state index in [2.05, 4.69) is 29.6 Å². The number of benzene rings is 1. The molecule has 0 bridgehead atoms. The third kappa shape index (κ3) is 6.14. The number of phosphoric acid groups is 1. The first-order chi connectivity index (χ1) is 15.5. The van der Waals surface area contributed by atoms with E-state index in [-0.39, 0.29) is 18.9 Å². The second kappa shape index (κ2) is 11.5. The van der Waals surface area contributed by atoms with Crippen LogP contribution in [0.25, 0.3) is 23.3 Å². The molecule has 3 rings (SSSR count). The zero-order valence-corrected chi connectivity index (χ0v) is 19.8. The smallest absolute Gasteiger partial charge is 0.356 e.